The van der Waals surface area contributed by atoms with Crippen molar-refractivity contribution in [2.45, 2.75) is 25.1 Å². The molecule has 0 saturated carbocycles. The first kappa shape index (κ1) is 23.7. The van der Waals surface area contributed by atoms with Crippen LogP contribution in [0.25, 0.3) is 0 Å². The molecule has 4 aromatic rings. The van der Waals surface area contributed by atoms with Crippen molar-refractivity contribution in [2.75, 3.05) is 12.0 Å². The Morgan fingerprint density at radius 2 is 1.44 bits per heavy atom. The number of fused-ring (bicyclic) bond motifs is 1. The van der Waals surface area contributed by atoms with Gasteiger partial charge in [-0.15, -0.1) is 0 Å². The van der Waals surface area contributed by atoms with Gasteiger partial charge in [0.25, 0.3) is 0 Å². The van der Waals surface area contributed by atoms with Crippen LogP contribution in [0.4, 0.5) is 18.9 Å². The fourth-order valence-electron chi connectivity index (χ4n) is 4.90. The average molecular weight is 488 g/mol. The number of rotatable bonds is 4. The minimum atomic E-state index is -4.44. The Morgan fingerprint density at radius 1 is 0.778 bits per heavy atom. The number of carbonyl (C=O) groups is 1. The lowest BCUT2D eigenvalue weighted by molar-refractivity contribution is -0.137. The quantitative estimate of drug-likeness (QED) is 0.303. The van der Waals surface area contributed by atoms with E-state index in [0.29, 0.717) is 17.0 Å². The maximum atomic E-state index is 14.3. The summed E-state index contributed by atoms with van der Waals surface area (Å²) in [6, 6.07) is 27.1. The molecule has 0 saturated heterocycles. The Labute approximate surface area is 207 Å². The van der Waals surface area contributed by atoms with Crippen LogP contribution in [0.1, 0.15) is 45.3 Å². The number of alkyl halides is 3. The second-order valence-corrected chi connectivity index (χ2v) is 8.90. The molecule has 0 radical (unpaired) electrons. The van der Waals surface area contributed by atoms with Crippen molar-refractivity contribution >= 4 is 11.6 Å². The number of halogens is 3. The van der Waals surface area contributed by atoms with Crippen LogP contribution in [-0.4, -0.2) is 13.0 Å². The van der Waals surface area contributed by atoms with Gasteiger partial charge in [-0.1, -0.05) is 66.2 Å². The molecule has 1 aliphatic heterocycles. The molecule has 0 aromatic heterocycles. The molecule has 5 rings (SSSR count). The number of ether oxygens (including phenoxy) is 1. The van der Waals surface area contributed by atoms with Crippen molar-refractivity contribution < 1.29 is 22.7 Å². The molecule has 0 bridgehead atoms. The third-order valence-corrected chi connectivity index (χ3v) is 6.63. The van der Waals surface area contributed by atoms with Gasteiger partial charge in [0.05, 0.1) is 24.6 Å². The summed E-state index contributed by atoms with van der Waals surface area (Å²) in [6.45, 7) is 1.97. The number of amides is 1. The number of carbonyl (C=O) groups excluding carboxylic acids is 1. The maximum absolute atomic E-state index is 14.3. The van der Waals surface area contributed by atoms with E-state index in [1.807, 2.05) is 55.5 Å². The lowest BCUT2D eigenvalue weighted by Gasteiger charge is -2.41. The normalized spacial score (nSPS) is 17.6. The number of methoxy groups -OCH3 is 1. The predicted octanol–water partition coefficient (Wildman–Crippen LogP) is 7.29. The number of nitrogens with zero attached hydrogens (tertiary/aromatic N) is 1. The lowest BCUT2D eigenvalue weighted by atomic mass is 9.78. The summed E-state index contributed by atoms with van der Waals surface area (Å²) in [5.41, 5.74) is 4.12. The van der Waals surface area contributed by atoms with Gasteiger partial charge in [0.2, 0.25) is 5.91 Å². The Balaban J connectivity index is 1.74. The minimum Gasteiger partial charge on any atom is -0.497 e. The van der Waals surface area contributed by atoms with Crippen LogP contribution >= 0.6 is 0 Å². The summed E-state index contributed by atoms with van der Waals surface area (Å²) in [5, 5.41) is 0. The van der Waals surface area contributed by atoms with Crippen molar-refractivity contribution in [2.24, 2.45) is 0 Å². The van der Waals surface area contributed by atoms with Crippen molar-refractivity contribution in [3.05, 3.63) is 130 Å². The highest BCUT2D eigenvalue weighted by molar-refractivity contribution is 6.03. The first-order valence-corrected chi connectivity index (χ1v) is 11.6. The van der Waals surface area contributed by atoms with E-state index >= 15 is 0 Å². The SMILES string of the molecule is COc1ccc(N2C(=O)[C@@H](c3ccccc3)c3ccc(C)cc3[C@@H]2c2ccc(C(F)(F)F)cc2)cc1. The second kappa shape index (κ2) is 9.19. The molecule has 3 nitrogen and oxygen atoms in total. The zero-order valence-corrected chi connectivity index (χ0v) is 19.8. The predicted molar refractivity (Wildman–Crippen MR) is 133 cm³/mol. The molecule has 0 fully saturated rings. The third kappa shape index (κ3) is 4.24. The van der Waals surface area contributed by atoms with Gasteiger partial charge in [-0.2, -0.15) is 13.2 Å². The summed E-state index contributed by atoms with van der Waals surface area (Å²) in [4.78, 5) is 15.9. The molecule has 182 valence electrons. The molecule has 0 aliphatic carbocycles. The summed E-state index contributed by atoms with van der Waals surface area (Å²) >= 11 is 0. The molecule has 1 heterocycles. The smallest absolute Gasteiger partial charge is 0.416 e. The Bertz CT molecular complexity index is 1380. The van der Waals surface area contributed by atoms with Gasteiger partial charge in [-0.3, -0.25) is 9.69 Å². The van der Waals surface area contributed by atoms with E-state index < -0.39 is 23.7 Å². The van der Waals surface area contributed by atoms with Crippen molar-refractivity contribution in [3.63, 3.8) is 0 Å². The van der Waals surface area contributed by atoms with Crippen LogP contribution < -0.4 is 9.64 Å². The molecule has 1 aliphatic rings. The monoisotopic (exact) mass is 487 g/mol. The van der Waals surface area contributed by atoms with Gasteiger partial charge in [0, 0.05) is 5.69 Å². The third-order valence-electron chi connectivity index (χ3n) is 6.63. The molecular formula is C30H24F3NO2. The van der Waals surface area contributed by atoms with Crippen LogP contribution in [0.5, 0.6) is 5.75 Å². The zero-order valence-electron chi connectivity index (χ0n) is 19.8. The Hall–Kier alpha value is -4.06. The molecule has 0 N–H and O–H groups in total. The van der Waals surface area contributed by atoms with E-state index in [1.54, 1.807) is 36.3 Å². The van der Waals surface area contributed by atoms with Gasteiger partial charge in [-0.05, 0) is 65.6 Å². The number of benzene rings is 4. The van der Waals surface area contributed by atoms with Gasteiger partial charge < -0.3 is 4.74 Å². The average Bonchev–Trinajstić information content (AvgIpc) is 2.88. The van der Waals surface area contributed by atoms with Crippen LogP contribution in [0.15, 0.2) is 97.1 Å². The van der Waals surface area contributed by atoms with E-state index in [9.17, 15) is 18.0 Å². The van der Waals surface area contributed by atoms with Gasteiger partial charge in [0.15, 0.2) is 0 Å². The fraction of sp³-hybridized carbons (Fsp3) is 0.167. The highest BCUT2D eigenvalue weighted by atomic mass is 19.4. The van der Waals surface area contributed by atoms with Crippen LogP contribution in [0.3, 0.4) is 0 Å². The molecule has 1 amide bonds. The number of hydrogen-bond acceptors (Lipinski definition) is 2. The number of anilines is 1. The second-order valence-electron chi connectivity index (χ2n) is 8.90. The molecule has 4 aromatic carbocycles. The van der Waals surface area contributed by atoms with E-state index in [2.05, 4.69) is 0 Å². The lowest BCUT2D eigenvalue weighted by Crippen LogP contribution is -2.44. The largest absolute Gasteiger partial charge is 0.497 e. The van der Waals surface area contributed by atoms with Crippen LogP contribution in [0.2, 0.25) is 0 Å². The molecule has 0 spiro atoms. The molecule has 6 heteroatoms. The van der Waals surface area contributed by atoms with Gasteiger partial charge >= 0.3 is 6.18 Å². The topological polar surface area (TPSA) is 29.5 Å². The highest BCUT2D eigenvalue weighted by Gasteiger charge is 2.42. The summed E-state index contributed by atoms with van der Waals surface area (Å²) < 4.78 is 45.2. The van der Waals surface area contributed by atoms with E-state index in [-0.39, 0.29) is 5.91 Å². The first-order chi connectivity index (χ1) is 17.3. The molecule has 2 atom stereocenters. The molecule has 0 unspecified atom stereocenters. The van der Waals surface area contributed by atoms with E-state index in [1.165, 1.54) is 12.1 Å². The standard InChI is InChI=1S/C30H24F3NO2/c1-19-8-17-25-26(18-19)28(21-9-11-22(12-10-21)30(31,32)33)34(23-13-15-24(36-2)16-14-23)29(35)27(25)20-6-4-3-5-7-20/h3-18,27-28H,1-2H3/t27-,28-/m0/s1. The highest BCUT2D eigenvalue weighted by Crippen LogP contribution is 2.46. The van der Waals surface area contributed by atoms with E-state index in [0.717, 1.165) is 34.4 Å². The van der Waals surface area contributed by atoms with Gasteiger partial charge in [-0.25, -0.2) is 0 Å². The van der Waals surface area contributed by atoms with E-state index in [4.69, 9.17) is 4.74 Å². The first-order valence-electron chi connectivity index (χ1n) is 11.6. The van der Waals surface area contributed by atoms with Crippen LogP contribution in [-0.2, 0) is 11.0 Å². The summed E-state index contributed by atoms with van der Waals surface area (Å²) in [6.07, 6.45) is -4.44. The fourth-order valence-corrected chi connectivity index (χ4v) is 4.90. The maximum Gasteiger partial charge on any atom is 0.416 e. The molecule has 36 heavy (non-hydrogen) atoms. The summed E-state index contributed by atoms with van der Waals surface area (Å²) in [5.74, 6) is -0.0487. The van der Waals surface area contributed by atoms with Crippen molar-refractivity contribution in [3.8, 4) is 5.75 Å². The molecular weight excluding hydrogens is 463 g/mol. The Kier molecular flexibility index (Phi) is 6.04. The number of hydrogen-bond donors (Lipinski definition) is 0. The summed E-state index contributed by atoms with van der Waals surface area (Å²) in [7, 11) is 1.57. The van der Waals surface area contributed by atoms with Crippen molar-refractivity contribution in [1.29, 1.82) is 0 Å². The van der Waals surface area contributed by atoms with Crippen molar-refractivity contribution in [1.82, 2.24) is 0 Å². The zero-order chi connectivity index (χ0) is 25.4. The van der Waals surface area contributed by atoms with Gasteiger partial charge in [0.1, 0.15) is 5.75 Å². The number of aryl methyl sites for hydroxylation is 1. The minimum absolute atomic E-state index is 0.146. The Morgan fingerprint density at radius 3 is 2.06 bits per heavy atom. The van der Waals surface area contributed by atoms with Crippen LogP contribution in [0, 0.1) is 6.92 Å².